The van der Waals surface area contributed by atoms with Gasteiger partial charge in [-0.15, -0.1) is 0 Å². The van der Waals surface area contributed by atoms with Crippen LogP contribution >= 0.6 is 0 Å². The van der Waals surface area contributed by atoms with Crippen molar-refractivity contribution in [2.45, 2.75) is 40.2 Å². The van der Waals surface area contributed by atoms with Gasteiger partial charge in [0.25, 0.3) is 0 Å². The molecule has 2 N–H and O–H groups in total. The van der Waals surface area contributed by atoms with Crippen LogP contribution in [0, 0.1) is 13.8 Å². The van der Waals surface area contributed by atoms with Crippen LogP contribution in [-0.4, -0.2) is 9.78 Å². The molecule has 2 aromatic rings. The normalized spacial score (nSPS) is 11.2. The van der Waals surface area contributed by atoms with Gasteiger partial charge >= 0.3 is 0 Å². The van der Waals surface area contributed by atoms with Crippen LogP contribution in [0.1, 0.15) is 42.1 Å². The van der Waals surface area contributed by atoms with Gasteiger partial charge in [0.15, 0.2) is 0 Å². The van der Waals surface area contributed by atoms with Crippen molar-refractivity contribution in [1.82, 2.24) is 9.78 Å². The lowest BCUT2D eigenvalue weighted by molar-refractivity contribution is 0.725. The second-order valence-corrected chi connectivity index (χ2v) is 5.09. The summed E-state index contributed by atoms with van der Waals surface area (Å²) in [4.78, 5) is 0. The molecule has 1 aromatic heterocycles. The van der Waals surface area contributed by atoms with Gasteiger partial charge in [-0.25, -0.2) is 4.68 Å². The van der Waals surface area contributed by atoms with Crippen molar-refractivity contribution in [3.05, 3.63) is 46.8 Å². The Labute approximate surface area is 109 Å². The van der Waals surface area contributed by atoms with E-state index >= 15 is 0 Å². The van der Waals surface area contributed by atoms with E-state index in [0.717, 1.165) is 11.3 Å². The molecule has 3 heteroatoms. The standard InChI is InChI=1S/C15H21N3/c1-10(2)15-13(8-16)9-17-18(15)14-6-5-11(3)12(4)7-14/h5-7,9-10H,8,16H2,1-4H3. The van der Waals surface area contributed by atoms with E-state index in [4.69, 9.17) is 5.73 Å². The quantitative estimate of drug-likeness (QED) is 0.900. The van der Waals surface area contributed by atoms with Gasteiger partial charge in [0.2, 0.25) is 0 Å². The van der Waals surface area contributed by atoms with E-state index in [2.05, 4.69) is 51.0 Å². The highest BCUT2D eigenvalue weighted by Crippen LogP contribution is 2.23. The van der Waals surface area contributed by atoms with Crippen molar-refractivity contribution in [2.24, 2.45) is 5.73 Å². The first kappa shape index (κ1) is 12.8. The third-order valence-electron chi connectivity index (χ3n) is 3.39. The van der Waals surface area contributed by atoms with Gasteiger partial charge in [0, 0.05) is 12.1 Å². The summed E-state index contributed by atoms with van der Waals surface area (Å²) in [6, 6.07) is 6.43. The predicted octanol–water partition coefficient (Wildman–Crippen LogP) is 3.07. The summed E-state index contributed by atoms with van der Waals surface area (Å²) in [5.74, 6) is 0.410. The summed E-state index contributed by atoms with van der Waals surface area (Å²) in [5.41, 5.74) is 11.8. The molecular formula is C15H21N3. The smallest absolute Gasteiger partial charge is 0.0651 e. The van der Waals surface area contributed by atoms with Gasteiger partial charge in [-0.1, -0.05) is 19.9 Å². The Bertz CT molecular complexity index is 553. The summed E-state index contributed by atoms with van der Waals surface area (Å²) in [5, 5.41) is 4.49. The molecular weight excluding hydrogens is 222 g/mol. The van der Waals surface area contributed by atoms with E-state index in [1.165, 1.54) is 16.8 Å². The number of benzene rings is 1. The monoisotopic (exact) mass is 243 g/mol. The average molecular weight is 243 g/mol. The molecule has 0 bridgehead atoms. The van der Waals surface area contributed by atoms with E-state index in [9.17, 15) is 0 Å². The Kier molecular flexibility index (Phi) is 3.53. The number of aromatic nitrogens is 2. The van der Waals surface area contributed by atoms with Crippen LogP contribution in [0.3, 0.4) is 0 Å². The lowest BCUT2D eigenvalue weighted by atomic mass is 10.0. The fourth-order valence-corrected chi connectivity index (χ4v) is 2.23. The Morgan fingerprint density at radius 1 is 1.22 bits per heavy atom. The van der Waals surface area contributed by atoms with Crippen LogP contribution < -0.4 is 5.73 Å². The molecule has 0 aliphatic rings. The van der Waals surface area contributed by atoms with Crippen molar-refractivity contribution >= 4 is 0 Å². The van der Waals surface area contributed by atoms with Crippen LogP contribution in [0.2, 0.25) is 0 Å². The Morgan fingerprint density at radius 3 is 2.50 bits per heavy atom. The number of aryl methyl sites for hydroxylation is 2. The molecule has 18 heavy (non-hydrogen) atoms. The zero-order valence-corrected chi connectivity index (χ0v) is 11.6. The van der Waals surface area contributed by atoms with E-state index in [0.29, 0.717) is 12.5 Å². The molecule has 0 amide bonds. The summed E-state index contributed by atoms with van der Waals surface area (Å²) in [7, 11) is 0. The molecule has 1 heterocycles. The van der Waals surface area contributed by atoms with Crippen LogP contribution in [0.25, 0.3) is 5.69 Å². The summed E-state index contributed by atoms with van der Waals surface area (Å²) in [6.07, 6.45) is 1.88. The van der Waals surface area contributed by atoms with E-state index in [1.807, 2.05) is 10.9 Å². The number of rotatable bonds is 3. The first-order valence-electron chi connectivity index (χ1n) is 6.39. The molecule has 1 aromatic carbocycles. The van der Waals surface area contributed by atoms with E-state index < -0.39 is 0 Å². The molecule has 0 aliphatic carbocycles. The third kappa shape index (κ3) is 2.18. The maximum Gasteiger partial charge on any atom is 0.0651 e. The van der Waals surface area contributed by atoms with Gasteiger partial charge in [-0.2, -0.15) is 5.10 Å². The Morgan fingerprint density at radius 2 is 1.94 bits per heavy atom. The topological polar surface area (TPSA) is 43.8 Å². The number of nitrogens with two attached hydrogens (primary N) is 1. The molecule has 0 radical (unpaired) electrons. The second kappa shape index (κ2) is 4.94. The van der Waals surface area contributed by atoms with Crippen LogP contribution in [0.4, 0.5) is 0 Å². The van der Waals surface area contributed by atoms with Crippen LogP contribution in [0.15, 0.2) is 24.4 Å². The minimum Gasteiger partial charge on any atom is -0.326 e. The van der Waals surface area contributed by atoms with Crippen molar-refractivity contribution in [2.75, 3.05) is 0 Å². The molecule has 0 atom stereocenters. The molecule has 0 saturated heterocycles. The molecule has 0 spiro atoms. The van der Waals surface area contributed by atoms with Gasteiger partial charge in [-0.3, -0.25) is 0 Å². The van der Waals surface area contributed by atoms with Crippen molar-refractivity contribution in [3.63, 3.8) is 0 Å². The van der Waals surface area contributed by atoms with E-state index in [-0.39, 0.29) is 0 Å². The molecule has 2 rings (SSSR count). The fraction of sp³-hybridized carbons (Fsp3) is 0.400. The molecule has 0 fully saturated rings. The lowest BCUT2D eigenvalue weighted by Crippen LogP contribution is -2.08. The van der Waals surface area contributed by atoms with Crippen LogP contribution in [0.5, 0.6) is 0 Å². The highest BCUT2D eigenvalue weighted by molar-refractivity contribution is 5.41. The van der Waals surface area contributed by atoms with Crippen LogP contribution in [-0.2, 0) is 6.54 Å². The number of nitrogens with zero attached hydrogens (tertiary/aromatic N) is 2. The van der Waals surface area contributed by atoms with Crippen molar-refractivity contribution < 1.29 is 0 Å². The van der Waals surface area contributed by atoms with Crippen molar-refractivity contribution in [1.29, 1.82) is 0 Å². The molecule has 0 unspecified atom stereocenters. The van der Waals surface area contributed by atoms with Crippen molar-refractivity contribution in [3.8, 4) is 5.69 Å². The highest BCUT2D eigenvalue weighted by atomic mass is 15.3. The molecule has 96 valence electrons. The highest BCUT2D eigenvalue weighted by Gasteiger charge is 2.14. The fourth-order valence-electron chi connectivity index (χ4n) is 2.23. The molecule has 0 aliphatic heterocycles. The lowest BCUT2D eigenvalue weighted by Gasteiger charge is -2.13. The van der Waals surface area contributed by atoms with Gasteiger partial charge in [-0.05, 0) is 43.0 Å². The number of hydrogen-bond donors (Lipinski definition) is 1. The Hall–Kier alpha value is -1.61. The third-order valence-corrected chi connectivity index (χ3v) is 3.39. The number of hydrogen-bond acceptors (Lipinski definition) is 2. The maximum atomic E-state index is 5.78. The van der Waals surface area contributed by atoms with E-state index in [1.54, 1.807) is 0 Å². The first-order valence-corrected chi connectivity index (χ1v) is 6.39. The van der Waals surface area contributed by atoms with Gasteiger partial charge < -0.3 is 5.73 Å². The van der Waals surface area contributed by atoms with Gasteiger partial charge in [0.05, 0.1) is 17.6 Å². The largest absolute Gasteiger partial charge is 0.326 e. The SMILES string of the molecule is Cc1ccc(-n2ncc(CN)c2C(C)C)cc1C. The first-order chi connectivity index (χ1) is 8.54. The predicted molar refractivity (Wildman–Crippen MR) is 75.0 cm³/mol. The molecule has 0 saturated carbocycles. The van der Waals surface area contributed by atoms with Gasteiger partial charge in [0.1, 0.15) is 0 Å². The summed E-state index contributed by atoms with van der Waals surface area (Å²) in [6.45, 7) is 9.14. The second-order valence-electron chi connectivity index (χ2n) is 5.09. The zero-order valence-electron chi connectivity index (χ0n) is 11.6. The summed E-state index contributed by atoms with van der Waals surface area (Å²) >= 11 is 0. The average Bonchev–Trinajstić information content (AvgIpc) is 2.76. The Balaban J connectivity index is 2.56. The minimum atomic E-state index is 0.410. The summed E-state index contributed by atoms with van der Waals surface area (Å²) < 4.78 is 2.01. The maximum absolute atomic E-state index is 5.78. The zero-order chi connectivity index (χ0) is 13.3. The molecule has 3 nitrogen and oxygen atoms in total. The minimum absolute atomic E-state index is 0.410.